The van der Waals surface area contributed by atoms with E-state index >= 15 is 0 Å². The van der Waals surface area contributed by atoms with E-state index in [1.807, 2.05) is 13.8 Å². The monoisotopic (exact) mass is 350 g/mol. The topological polar surface area (TPSA) is 91.4 Å². The number of amides is 1. The van der Waals surface area contributed by atoms with E-state index in [-0.39, 0.29) is 12.5 Å². The molecule has 0 fully saturated rings. The summed E-state index contributed by atoms with van der Waals surface area (Å²) in [5.41, 5.74) is 2.46. The summed E-state index contributed by atoms with van der Waals surface area (Å²) < 4.78 is 17.5. The van der Waals surface area contributed by atoms with Crippen LogP contribution in [0.1, 0.15) is 36.8 Å². The van der Waals surface area contributed by atoms with Gasteiger partial charge in [0.25, 0.3) is 0 Å². The summed E-state index contributed by atoms with van der Waals surface area (Å²) in [5, 5.41) is 10.9. The van der Waals surface area contributed by atoms with Gasteiger partial charge in [0, 0.05) is 18.4 Å². The third kappa shape index (κ3) is 6.32. The lowest BCUT2D eigenvalue weighted by molar-refractivity contribution is -0.121. The minimum atomic E-state index is -0.217. The minimum Gasteiger partial charge on any atom is -0.379 e. The number of anilines is 1. The van der Waals surface area contributed by atoms with E-state index < -0.39 is 0 Å². The summed E-state index contributed by atoms with van der Waals surface area (Å²) in [7, 11) is 0. The molecule has 8 heteroatoms. The number of hydrogen-bond donors (Lipinski definition) is 1. The minimum absolute atomic E-state index is 0.00775. The molecule has 0 aromatic carbocycles. The Labute approximate surface area is 147 Å². The number of ether oxygens (including phenoxy) is 2. The number of aryl methyl sites for hydroxylation is 2. The van der Waals surface area contributed by atoms with Crippen LogP contribution < -0.4 is 5.32 Å². The first-order valence-corrected chi connectivity index (χ1v) is 8.49. The summed E-state index contributed by atoms with van der Waals surface area (Å²) >= 11 is 0. The van der Waals surface area contributed by atoms with Crippen molar-refractivity contribution in [1.29, 1.82) is 0 Å². The zero-order valence-corrected chi connectivity index (χ0v) is 15.1. The van der Waals surface area contributed by atoms with Crippen molar-refractivity contribution < 1.29 is 18.8 Å². The molecular weight excluding hydrogens is 324 g/mol. The van der Waals surface area contributed by atoms with E-state index in [2.05, 4.69) is 22.5 Å². The van der Waals surface area contributed by atoms with Crippen molar-refractivity contribution >= 4 is 11.6 Å². The molecule has 2 aromatic heterocycles. The molecule has 1 N–H and O–H groups in total. The lowest BCUT2D eigenvalue weighted by atomic mass is 10.2. The van der Waals surface area contributed by atoms with Gasteiger partial charge >= 0.3 is 0 Å². The van der Waals surface area contributed by atoms with Crippen LogP contribution in [0, 0.1) is 13.8 Å². The van der Waals surface area contributed by atoms with Crippen LogP contribution in [-0.4, -0.2) is 47.3 Å². The highest BCUT2D eigenvalue weighted by atomic mass is 16.5. The predicted octanol–water partition coefficient (Wildman–Crippen LogP) is 2.31. The molecule has 1 amide bonds. The number of aromatic nitrogens is 3. The van der Waals surface area contributed by atoms with Crippen molar-refractivity contribution in [2.24, 2.45) is 0 Å². The molecular formula is C17H26N4O4. The Balaban J connectivity index is 1.69. The average molecular weight is 350 g/mol. The van der Waals surface area contributed by atoms with Crippen LogP contribution in [0.2, 0.25) is 0 Å². The summed E-state index contributed by atoms with van der Waals surface area (Å²) in [6, 6.07) is 0. The number of hydrogen-bond acceptors (Lipinski definition) is 6. The van der Waals surface area contributed by atoms with Crippen LogP contribution in [0.3, 0.4) is 0 Å². The summed E-state index contributed by atoms with van der Waals surface area (Å²) in [6.07, 6.45) is 5.51. The SMILES string of the molecule is CCCCOCCOCC(=O)Nc1cnn(Cc2c(C)noc2C)c1. The number of nitrogens with zero attached hydrogens (tertiary/aromatic N) is 3. The van der Waals surface area contributed by atoms with Crippen LogP contribution in [0.15, 0.2) is 16.9 Å². The Morgan fingerprint density at radius 1 is 1.28 bits per heavy atom. The largest absolute Gasteiger partial charge is 0.379 e. The highest BCUT2D eigenvalue weighted by molar-refractivity contribution is 5.91. The van der Waals surface area contributed by atoms with Crippen molar-refractivity contribution in [3.8, 4) is 0 Å². The van der Waals surface area contributed by atoms with E-state index in [0.717, 1.165) is 36.5 Å². The van der Waals surface area contributed by atoms with Gasteiger partial charge in [-0.2, -0.15) is 5.10 Å². The Bertz CT molecular complexity index is 646. The van der Waals surface area contributed by atoms with Crippen molar-refractivity contribution in [1.82, 2.24) is 14.9 Å². The molecule has 0 aliphatic carbocycles. The fourth-order valence-electron chi connectivity index (χ4n) is 2.23. The van der Waals surface area contributed by atoms with Crippen LogP contribution >= 0.6 is 0 Å². The van der Waals surface area contributed by atoms with Crippen LogP contribution in [0.5, 0.6) is 0 Å². The normalized spacial score (nSPS) is 11.0. The van der Waals surface area contributed by atoms with Gasteiger partial charge in [-0.1, -0.05) is 18.5 Å². The third-order valence-corrected chi connectivity index (χ3v) is 3.67. The molecule has 2 heterocycles. The molecule has 0 saturated carbocycles. The van der Waals surface area contributed by atoms with Crippen LogP contribution in [-0.2, 0) is 20.8 Å². The van der Waals surface area contributed by atoms with Gasteiger partial charge in [-0.05, 0) is 20.3 Å². The highest BCUT2D eigenvalue weighted by Gasteiger charge is 2.11. The van der Waals surface area contributed by atoms with Crippen LogP contribution in [0.25, 0.3) is 0 Å². The van der Waals surface area contributed by atoms with Crippen molar-refractivity contribution in [2.75, 3.05) is 31.7 Å². The number of unbranched alkanes of at least 4 members (excludes halogenated alkanes) is 1. The maximum atomic E-state index is 11.8. The summed E-state index contributed by atoms with van der Waals surface area (Å²) in [4.78, 5) is 11.8. The van der Waals surface area contributed by atoms with Gasteiger partial charge < -0.3 is 19.3 Å². The van der Waals surface area contributed by atoms with Crippen molar-refractivity contribution in [3.63, 3.8) is 0 Å². The Morgan fingerprint density at radius 2 is 2.08 bits per heavy atom. The first kappa shape index (κ1) is 19.1. The molecule has 25 heavy (non-hydrogen) atoms. The Hall–Kier alpha value is -2.19. The van der Waals surface area contributed by atoms with E-state index in [4.69, 9.17) is 14.0 Å². The van der Waals surface area contributed by atoms with Crippen molar-refractivity contribution in [3.05, 3.63) is 29.4 Å². The lowest BCUT2D eigenvalue weighted by Gasteiger charge is -2.05. The molecule has 0 unspecified atom stereocenters. The second-order valence-electron chi connectivity index (χ2n) is 5.80. The summed E-state index contributed by atoms with van der Waals surface area (Å²) in [6.45, 7) is 8.04. The average Bonchev–Trinajstić information content (AvgIpc) is 3.15. The molecule has 2 rings (SSSR count). The highest BCUT2D eigenvalue weighted by Crippen LogP contribution is 2.14. The molecule has 0 radical (unpaired) electrons. The molecule has 138 valence electrons. The maximum absolute atomic E-state index is 11.8. The Kier molecular flexibility index (Phi) is 7.62. The molecule has 0 aliphatic heterocycles. The van der Waals surface area contributed by atoms with E-state index in [9.17, 15) is 4.79 Å². The molecule has 0 spiro atoms. The third-order valence-electron chi connectivity index (χ3n) is 3.67. The second kappa shape index (κ2) is 9.95. The zero-order chi connectivity index (χ0) is 18.1. The quantitative estimate of drug-likeness (QED) is 0.625. The van der Waals surface area contributed by atoms with E-state index in [1.54, 1.807) is 17.1 Å². The van der Waals surface area contributed by atoms with Crippen molar-refractivity contribution in [2.45, 2.75) is 40.2 Å². The van der Waals surface area contributed by atoms with Gasteiger partial charge in [0.2, 0.25) is 5.91 Å². The van der Waals surface area contributed by atoms with Gasteiger partial charge in [0.05, 0.1) is 37.3 Å². The fourth-order valence-corrected chi connectivity index (χ4v) is 2.23. The zero-order valence-electron chi connectivity index (χ0n) is 15.1. The molecule has 0 aliphatic rings. The smallest absolute Gasteiger partial charge is 0.250 e. The maximum Gasteiger partial charge on any atom is 0.250 e. The Morgan fingerprint density at radius 3 is 2.80 bits per heavy atom. The lowest BCUT2D eigenvalue weighted by Crippen LogP contribution is -2.19. The van der Waals surface area contributed by atoms with E-state index in [0.29, 0.717) is 25.4 Å². The molecule has 8 nitrogen and oxygen atoms in total. The fraction of sp³-hybridized carbons (Fsp3) is 0.588. The summed E-state index contributed by atoms with van der Waals surface area (Å²) in [5.74, 6) is 0.554. The first-order valence-electron chi connectivity index (χ1n) is 8.49. The predicted molar refractivity (Wildman–Crippen MR) is 92.5 cm³/mol. The van der Waals surface area contributed by atoms with E-state index in [1.165, 1.54) is 0 Å². The number of rotatable bonds is 11. The van der Waals surface area contributed by atoms with Gasteiger partial charge in [0.1, 0.15) is 12.4 Å². The van der Waals surface area contributed by atoms with Crippen LogP contribution in [0.4, 0.5) is 5.69 Å². The first-order chi connectivity index (χ1) is 12.1. The number of carbonyl (C=O) groups excluding carboxylic acids is 1. The molecule has 0 atom stereocenters. The molecule has 0 saturated heterocycles. The van der Waals surface area contributed by atoms with Gasteiger partial charge in [0.15, 0.2) is 0 Å². The molecule has 2 aromatic rings. The van der Waals surface area contributed by atoms with Gasteiger partial charge in [-0.25, -0.2) is 0 Å². The van der Waals surface area contributed by atoms with Gasteiger partial charge in [-0.15, -0.1) is 0 Å². The number of nitrogens with one attached hydrogen (secondary N) is 1. The molecule has 0 bridgehead atoms. The van der Waals surface area contributed by atoms with Gasteiger partial charge in [-0.3, -0.25) is 9.48 Å². The second-order valence-corrected chi connectivity index (χ2v) is 5.80. The standard InChI is InChI=1S/C17H26N4O4/c1-4-5-6-23-7-8-24-12-17(22)19-15-9-18-21(10-15)11-16-13(2)20-25-14(16)3/h9-10H,4-8,11-12H2,1-3H3,(H,19,22). The number of carbonyl (C=O) groups is 1.